The maximum absolute atomic E-state index is 12.8. The summed E-state index contributed by atoms with van der Waals surface area (Å²) in [5, 5.41) is 7.16. The number of ether oxygens (including phenoxy) is 1. The van der Waals surface area contributed by atoms with Crippen LogP contribution in [0.15, 0.2) is 66.9 Å². The molecule has 1 aliphatic heterocycles. The molecule has 0 radical (unpaired) electrons. The lowest BCUT2D eigenvalue weighted by molar-refractivity contribution is 0.0582. The predicted octanol–water partition coefficient (Wildman–Crippen LogP) is 3.70. The van der Waals surface area contributed by atoms with E-state index in [-0.39, 0.29) is 12.0 Å². The Hall–Kier alpha value is -3.74. The summed E-state index contributed by atoms with van der Waals surface area (Å²) >= 11 is 0. The van der Waals surface area contributed by atoms with Crippen molar-refractivity contribution in [3.05, 3.63) is 72.6 Å². The number of amides is 1. The van der Waals surface area contributed by atoms with Gasteiger partial charge in [0.05, 0.1) is 22.9 Å². The molecule has 3 heterocycles. The van der Waals surface area contributed by atoms with E-state index in [9.17, 15) is 4.79 Å². The molecule has 7 nitrogen and oxygen atoms in total. The topological polar surface area (TPSA) is 84.0 Å². The summed E-state index contributed by atoms with van der Waals surface area (Å²) in [4.78, 5) is 23.6. The number of benzene rings is 2. The molecule has 5 rings (SSSR count). The fourth-order valence-corrected chi connectivity index (χ4v) is 3.70. The van der Waals surface area contributed by atoms with Crippen molar-refractivity contribution in [1.29, 1.82) is 0 Å². The van der Waals surface area contributed by atoms with Gasteiger partial charge in [-0.2, -0.15) is 5.10 Å². The van der Waals surface area contributed by atoms with Crippen molar-refractivity contribution in [2.24, 2.45) is 0 Å². The van der Waals surface area contributed by atoms with Gasteiger partial charge in [-0.05, 0) is 18.2 Å². The molecule has 0 aliphatic carbocycles. The molecular formula is C23H21N5O2. The number of piperidine rings is 1. The Balaban J connectivity index is 1.20. The maximum Gasteiger partial charge on any atom is 0.271 e. The zero-order chi connectivity index (χ0) is 20.3. The summed E-state index contributed by atoms with van der Waals surface area (Å²) in [5.41, 5.74) is 3.92. The van der Waals surface area contributed by atoms with Gasteiger partial charge in [0.1, 0.15) is 11.8 Å². The number of para-hydroxylation sites is 2. The first kappa shape index (κ1) is 18.3. The van der Waals surface area contributed by atoms with Gasteiger partial charge in [0.25, 0.3) is 5.91 Å². The second-order valence-corrected chi connectivity index (χ2v) is 7.34. The van der Waals surface area contributed by atoms with Gasteiger partial charge in [0, 0.05) is 31.5 Å². The summed E-state index contributed by atoms with van der Waals surface area (Å²) in [6, 6.07) is 19.3. The number of H-pyrrole nitrogens is 1. The summed E-state index contributed by atoms with van der Waals surface area (Å²) in [5.74, 6) is 0.494. The molecule has 0 atom stereocenters. The molecule has 1 N–H and O–H groups in total. The van der Waals surface area contributed by atoms with Gasteiger partial charge in [-0.3, -0.25) is 9.89 Å². The van der Waals surface area contributed by atoms with Crippen molar-refractivity contribution in [3.63, 3.8) is 0 Å². The lowest BCUT2D eigenvalue weighted by Crippen LogP contribution is -2.42. The number of aromatic amines is 1. The highest BCUT2D eigenvalue weighted by atomic mass is 16.5. The molecule has 0 saturated carbocycles. The van der Waals surface area contributed by atoms with Gasteiger partial charge >= 0.3 is 0 Å². The van der Waals surface area contributed by atoms with E-state index in [4.69, 9.17) is 4.74 Å². The highest BCUT2D eigenvalue weighted by Gasteiger charge is 2.26. The third-order valence-corrected chi connectivity index (χ3v) is 5.32. The molecule has 150 valence electrons. The standard InChI is InChI=1S/C23H21N5O2/c29-23(21-14-20(26-27-21)16-6-2-1-3-7-16)28-12-10-17(11-13-28)30-22-15-24-18-8-4-5-9-19(18)25-22/h1-9,14-15,17H,10-13H2,(H,26,27). The molecule has 0 bridgehead atoms. The number of nitrogens with zero attached hydrogens (tertiary/aromatic N) is 4. The number of hydrogen-bond acceptors (Lipinski definition) is 5. The molecule has 2 aromatic carbocycles. The number of likely N-dealkylation sites (tertiary alicyclic amines) is 1. The summed E-state index contributed by atoms with van der Waals surface area (Å²) < 4.78 is 6.03. The monoisotopic (exact) mass is 399 g/mol. The number of nitrogens with one attached hydrogen (secondary N) is 1. The van der Waals surface area contributed by atoms with Crippen molar-refractivity contribution in [1.82, 2.24) is 25.1 Å². The quantitative estimate of drug-likeness (QED) is 0.566. The Morgan fingerprint density at radius 1 is 1.00 bits per heavy atom. The normalized spacial score (nSPS) is 14.7. The zero-order valence-corrected chi connectivity index (χ0v) is 16.4. The van der Waals surface area contributed by atoms with Crippen LogP contribution >= 0.6 is 0 Å². The lowest BCUT2D eigenvalue weighted by atomic mass is 10.1. The Kier molecular flexibility index (Phi) is 4.85. The van der Waals surface area contributed by atoms with Crippen LogP contribution in [0.3, 0.4) is 0 Å². The minimum absolute atomic E-state index is 0.0196. The van der Waals surface area contributed by atoms with Crippen molar-refractivity contribution < 1.29 is 9.53 Å². The second kappa shape index (κ2) is 7.94. The fraction of sp³-hybridized carbons (Fsp3) is 0.217. The summed E-state index contributed by atoms with van der Waals surface area (Å²) in [7, 11) is 0. The van der Waals surface area contributed by atoms with Crippen LogP contribution in [0.25, 0.3) is 22.3 Å². The fourth-order valence-electron chi connectivity index (χ4n) is 3.70. The van der Waals surface area contributed by atoms with E-state index in [2.05, 4.69) is 20.2 Å². The minimum atomic E-state index is -0.0337. The van der Waals surface area contributed by atoms with Crippen LogP contribution in [0.4, 0.5) is 0 Å². The molecular weight excluding hydrogens is 378 g/mol. The van der Waals surface area contributed by atoms with Gasteiger partial charge in [-0.1, -0.05) is 42.5 Å². The van der Waals surface area contributed by atoms with Gasteiger partial charge in [0.15, 0.2) is 0 Å². The van der Waals surface area contributed by atoms with Crippen molar-refractivity contribution in [2.75, 3.05) is 13.1 Å². The number of hydrogen-bond donors (Lipinski definition) is 1. The van der Waals surface area contributed by atoms with E-state index in [0.717, 1.165) is 35.1 Å². The summed E-state index contributed by atoms with van der Waals surface area (Å²) in [6.07, 6.45) is 3.18. The first-order valence-electron chi connectivity index (χ1n) is 10.0. The molecule has 0 spiro atoms. The number of fused-ring (bicyclic) bond motifs is 1. The minimum Gasteiger partial charge on any atom is -0.473 e. The van der Waals surface area contributed by atoms with Crippen LogP contribution in [0, 0.1) is 0 Å². The summed E-state index contributed by atoms with van der Waals surface area (Å²) in [6.45, 7) is 1.26. The number of carbonyl (C=O) groups is 1. The highest BCUT2D eigenvalue weighted by Crippen LogP contribution is 2.22. The van der Waals surface area contributed by atoms with Crippen molar-refractivity contribution in [3.8, 4) is 17.1 Å². The molecule has 1 saturated heterocycles. The smallest absolute Gasteiger partial charge is 0.271 e. The second-order valence-electron chi connectivity index (χ2n) is 7.34. The average Bonchev–Trinajstić information content (AvgIpc) is 3.30. The Morgan fingerprint density at radius 2 is 1.73 bits per heavy atom. The largest absolute Gasteiger partial charge is 0.473 e. The lowest BCUT2D eigenvalue weighted by Gasteiger charge is -2.31. The number of aromatic nitrogens is 4. The first-order chi connectivity index (χ1) is 14.8. The molecule has 1 fully saturated rings. The number of carbonyl (C=O) groups excluding carboxylic acids is 1. The molecule has 1 aliphatic rings. The molecule has 0 unspecified atom stereocenters. The maximum atomic E-state index is 12.8. The van der Waals surface area contributed by atoms with Crippen molar-refractivity contribution >= 4 is 16.9 Å². The van der Waals surface area contributed by atoms with Crippen LogP contribution in [0.5, 0.6) is 5.88 Å². The zero-order valence-electron chi connectivity index (χ0n) is 16.4. The van der Waals surface area contributed by atoms with E-state index in [1.807, 2.05) is 65.6 Å². The molecule has 4 aromatic rings. The van der Waals surface area contributed by atoms with Gasteiger partial charge in [0.2, 0.25) is 5.88 Å². The Morgan fingerprint density at radius 3 is 2.53 bits per heavy atom. The SMILES string of the molecule is O=C(c1cc(-c2ccccc2)n[nH]1)N1CCC(Oc2cnc3ccccc3n2)CC1. The van der Waals surface area contributed by atoms with Crippen molar-refractivity contribution in [2.45, 2.75) is 18.9 Å². The molecule has 7 heteroatoms. The third-order valence-electron chi connectivity index (χ3n) is 5.32. The van der Waals surface area contributed by atoms with E-state index in [1.165, 1.54) is 0 Å². The van der Waals surface area contributed by atoms with E-state index >= 15 is 0 Å². The van der Waals surface area contributed by atoms with E-state index in [1.54, 1.807) is 6.20 Å². The molecule has 2 aromatic heterocycles. The highest BCUT2D eigenvalue weighted by molar-refractivity contribution is 5.93. The van der Waals surface area contributed by atoms with Gasteiger partial charge in [-0.25, -0.2) is 9.97 Å². The third kappa shape index (κ3) is 3.74. The molecule has 1 amide bonds. The average molecular weight is 399 g/mol. The van der Waals surface area contributed by atoms with Crippen LogP contribution in [-0.4, -0.2) is 50.2 Å². The van der Waals surface area contributed by atoms with Crippen LogP contribution in [-0.2, 0) is 0 Å². The van der Waals surface area contributed by atoms with Crippen LogP contribution in [0.2, 0.25) is 0 Å². The predicted molar refractivity (Wildman–Crippen MR) is 113 cm³/mol. The first-order valence-corrected chi connectivity index (χ1v) is 10.0. The number of rotatable bonds is 4. The van der Waals surface area contributed by atoms with E-state index in [0.29, 0.717) is 24.7 Å². The molecule has 30 heavy (non-hydrogen) atoms. The van der Waals surface area contributed by atoms with Crippen LogP contribution in [0.1, 0.15) is 23.3 Å². The Labute approximate surface area is 173 Å². The van der Waals surface area contributed by atoms with Crippen LogP contribution < -0.4 is 4.74 Å². The van der Waals surface area contributed by atoms with Gasteiger partial charge < -0.3 is 9.64 Å². The van der Waals surface area contributed by atoms with E-state index < -0.39 is 0 Å². The van der Waals surface area contributed by atoms with Gasteiger partial charge in [-0.15, -0.1) is 0 Å². The Bertz CT molecular complexity index is 1170.